The van der Waals surface area contributed by atoms with E-state index in [1.54, 1.807) is 36.0 Å². The highest BCUT2D eigenvalue weighted by atomic mass is 79.9. The first-order valence-electron chi connectivity index (χ1n) is 5.76. The van der Waals surface area contributed by atoms with Crippen LogP contribution in [0.15, 0.2) is 34.9 Å². The molecule has 1 aromatic heterocycles. The number of nitrogens with zero attached hydrogens (tertiary/aromatic N) is 1. The largest absolute Gasteiger partial charge is 0.345 e. The van der Waals surface area contributed by atoms with Gasteiger partial charge in [-0.15, -0.1) is 0 Å². The number of halogens is 3. The van der Waals surface area contributed by atoms with Gasteiger partial charge in [-0.1, -0.05) is 29.3 Å². The van der Waals surface area contributed by atoms with Crippen LogP contribution in [0.1, 0.15) is 20.8 Å². The van der Waals surface area contributed by atoms with Crippen molar-refractivity contribution in [2.45, 2.75) is 0 Å². The van der Waals surface area contributed by atoms with Gasteiger partial charge in [-0.2, -0.15) is 0 Å². The number of aryl methyl sites for hydroxylation is 1. The fourth-order valence-corrected chi connectivity index (χ4v) is 2.58. The molecule has 0 aliphatic rings. The Balaban J connectivity index is 2.06. The monoisotopic (exact) mass is 389 g/mol. The maximum absolute atomic E-state index is 12.0. The van der Waals surface area contributed by atoms with Crippen molar-refractivity contribution in [1.29, 1.82) is 0 Å². The van der Waals surface area contributed by atoms with Crippen molar-refractivity contribution >= 4 is 50.9 Å². The summed E-state index contributed by atoms with van der Waals surface area (Å²) in [5.41, 5.74) is 5.17. The molecule has 110 valence electrons. The van der Waals surface area contributed by atoms with E-state index in [0.717, 1.165) is 4.47 Å². The molecule has 0 saturated heterocycles. The maximum Gasteiger partial charge on any atom is 0.286 e. The van der Waals surface area contributed by atoms with Gasteiger partial charge in [0.25, 0.3) is 11.8 Å². The Labute approximate surface area is 139 Å². The van der Waals surface area contributed by atoms with Gasteiger partial charge in [0.1, 0.15) is 5.69 Å². The summed E-state index contributed by atoms with van der Waals surface area (Å²) in [6.45, 7) is 0. The molecule has 8 heteroatoms. The van der Waals surface area contributed by atoms with Gasteiger partial charge < -0.3 is 4.57 Å². The second-order valence-corrected chi connectivity index (χ2v) is 5.86. The molecule has 0 bridgehead atoms. The lowest BCUT2D eigenvalue weighted by Crippen LogP contribution is -2.42. The van der Waals surface area contributed by atoms with Crippen LogP contribution in [0.3, 0.4) is 0 Å². The lowest BCUT2D eigenvalue weighted by Gasteiger charge is -2.09. The molecule has 1 heterocycles. The van der Waals surface area contributed by atoms with Crippen LogP contribution < -0.4 is 10.9 Å². The molecule has 0 fully saturated rings. The normalized spacial score (nSPS) is 10.3. The molecule has 0 unspecified atom stereocenters. The highest BCUT2D eigenvalue weighted by molar-refractivity contribution is 9.10. The Morgan fingerprint density at radius 3 is 2.48 bits per heavy atom. The van der Waals surface area contributed by atoms with E-state index in [9.17, 15) is 9.59 Å². The van der Waals surface area contributed by atoms with Gasteiger partial charge in [0.15, 0.2) is 0 Å². The third-order valence-electron chi connectivity index (χ3n) is 2.69. The number of carbonyl (C=O) groups is 2. The molecule has 5 nitrogen and oxygen atoms in total. The van der Waals surface area contributed by atoms with Crippen LogP contribution in [0.25, 0.3) is 0 Å². The van der Waals surface area contributed by atoms with E-state index in [4.69, 9.17) is 23.2 Å². The smallest absolute Gasteiger partial charge is 0.286 e. The van der Waals surface area contributed by atoms with Gasteiger partial charge in [-0.25, -0.2) is 0 Å². The predicted octanol–water partition coefficient (Wildman–Crippen LogP) is 3.17. The van der Waals surface area contributed by atoms with E-state index in [0.29, 0.717) is 5.69 Å². The zero-order valence-electron chi connectivity index (χ0n) is 10.8. The topological polar surface area (TPSA) is 63.1 Å². The fraction of sp³-hybridized carbons (Fsp3) is 0.0769. The average Bonchev–Trinajstić information content (AvgIpc) is 2.78. The summed E-state index contributed by atoms with van der Waals surface area (Å²) in [6, 6.07) is 6.31. The van der Waals surface area contributed by atoms with Crippen LogP contribution in [-0.4, -0.2) is 16.4 Å². The molecule has 0 radical (unpaired) electrons. The first kappa shape index (κ1) is 15.9. The molecule has 0 atom stereocenters. The Kier molecular flexibility index (Phi) is 4.92. The third-order valence-corrected chi connectivity index (χ3v) is 3.94. The quantitative estimate of drug-likeness (QED) is 0.773. The predicted molar refractivity (Wildman–Crippen MR) is 84.5 cm³/mol. The molecule has 2 amide bonds. The van der Waals surface area contributed by atoms with Crippen molar-refractivity contribution in [3.63, 3.8) is 0 Å². The molecule has 1 aromatic carbocycles. The zero-order valence-corrected chi connectivity index (χ0v) is 13.9. The van der Waals surface area contributed by atoms with Gasteiger partial charge in [-0.3, -0.25) is 20.4 Å². The summed E-state index contributed by atoms with van der Waals surface area (Å²) in [4.78, 5) is 23.9. The second-order valence-electron chi connectivity index (χ2n) is 4.16. The van der Waals surface area contributed by atoms with Crippen LogP contribution >= 0.6 is 39.1 Å². The van der Waals surface area contributed by atoms with E-state index in [1.165, 1.54) is 6.07 Å². The van der Waals surface area contributed by atoms with Crippen molar-refractivity contribution in [2.24, 2.45) is 7.05 Å². The molecule has 2 N–H and O–H groups in total. The Morgan fingerprint density at radius 1 is 1.19 bits per heavy atom. The van der Waals surface area contributed by atoms with E-state index in [2.05, 4.69) is 26.8 Å². The molecule has 2 rings (SSSR count). The van der Waals surface area contributed by atoms with Crippen molar-refractivity contribution in [3.05, 3.63) is 56.2 Å². The van der Waals surface area contributed by atoms with E-state index < -0.39 is 11.8 Å². The van der Waals surface area contributed by atoms with Gasteiger partial charge >= 0.3 is 0 Å². The van der Waals surface area contributed by atoms with Crippen molar-refractivity contribution in [3.8, 4) is 0 Å². The van der Waals surface area contributed by atoms with Crippen LogP contribution in [0.5, 0.6) is 0 Å². The Morgan fingerprint density at radius 2 is 1.86 bits per heavy atom. The highest BCUT2D eigenvalue weighted by Crippen LogP contribution is 2.25. The second kappa shape index (κ2) is 6.51. The van der Waals surface area contributed by atoms with Crippen LogP contribution in [-0.2, 0) is 7.05 Å². The number of hydrogen-bond acceptors (Lipinski definition) is 2. The van der Waals surface area contributed by atoms with Gasteiger partial charge in [0, 0.05) is 17.7 Å². The van der Waals surface area contributed by atoms with Crippen molar-refractivity contribution < 1.29 is 9.59 Å². The molecular formula is C13H10BrCl2N3O2. The van der Waals surface area contributed by atoms with E-state index in [1.807, 2.05) is 0 Å². The molecule has 21 heavy (non-hydrogen) atoms. The SMILES string of the molecule is Cn1cc(Br)cc1C(=O)NNC(=O)c1cccc(Cl)c1Cl. The van der Waals surface area contributed by atoms with E-state index in [-0.39, 0.29) is 15.6 Å². The Hall–Kier alpha value is -1.50. The minimum absolute atomic E-state index is 0.132. The van der Waals surface area contributed by atoms with Crippen LogP contribution in [0.2, 0.25) is 10.0 Å². The number of benzene rings is 1. The lowest BCUT2D eigenvalue weighted by molar-refractivity contribution is 0.0842. The molecule has 2 aromatic rings. The summed E-state index contributed by atoms with van der Waals surface area (Å²) in [6.07, 6.45) is 1.73. The first-order valence-corrected chi connectivity index (χ1v) is 7.31. The standard InChI is InChI=1S/C13H10BrCl2N3O2/c1-19-6-7(14)5-10(19)13(21)18-17-12(20)8-3-2-4-9(15)11(8)16/h2-6H,1H3,(H,17,20)(H,18,21). The number of carbonyl (C=O) groups excluding carboxylic acids is 2. The molecule has 0 aliphatic carbocycles. The van der Waals surface area contributed by atoms with Gasteiger partial charge in [-0.05, 0) is 34.1 Å². The fourth-order valence-electron chi connectivity index (χ4n) is 1.67. The van der Waals surface area contributed by atoms with E-state index >= 15 is 0 Å². The van der Waals surface area contributed by atoms with Gasteiger partial charge in [0.2, 0.25) is 0 Å². The summed E-state index contributed by atoms with van der Waals surface area (Å²) in [5.74, 6) is -1.00. The summed E-state index contributed by atoms with van der Waals surface area (Å²) in [7, 11) is 1.72. The molecule has 0 spiro atoms. The first-order chi connectivity index (χ1) is 9.90. The maximum atomic E-state index is 12.0. The number of aromatic nitrogens is 1. The summed E-state index contributed by atoms with van der Waals surface area (Å²) >= 11 is 15.0. The Bertz CT molecular complexity index is 715. The molecule has 0 aliphatic heterocycles. The van der Waals surface area contributed by atoms with Crippen LogP contribution in [0.4, 0.5) is 0 Å². The average molecular weight is 391 g/mol. The summed E-state index contributed by atoms with van der Waals surface area (Å²) < 4.78 is 2.39. The summed E-state index contributed by atoms with van der Waals surface area (Å²) in [5, 5.41) is 0.398. The third kappa shape index (κ3) is 3.58. The minimum atomic E-state index is -0.552. The number of rotatable bonds is 2. The molecular weight excluding hydrogens is 381 g/mol. The number of hydrazine groups is 1. The van der Waals surface area contributed by atoms with Crippen molar-refractivity contribution in [1.82, 2.24) is 15.4 Å². The van der Waals surface area contributed by atoms with Crippen LogP contribution in [0, 0.1) is 0 Å². The van der Waals surface area contributed by atoms with Gasteiger partial charge in [0.05, 0.1) is 15.6 Å². The number of hydrogen-bond donors (Lipinski definition) is 2. The molecule has 0 saturated carbocycles. The lowest BCUT2D eigenvalue weighted by atomic mass is 10.2. The zero-order chi connectivity index (χ0) is 15.6. The van der Waals surface area contributed by atoms with Crippen molar-refractivity contribution in [2.75, 3.05) is 0 Å². The highest BCUT2D eigenvalue weighted by Gasteiger charge is 2.15. The number of amides is 2. The number of nitrogens with one attached hydrogen (secondary N) is 2. The minimum Gasteiger partial charge on any atom is -0.345 e.